The van der Waals surface area contributed by atoms with Crippen molar-refractivity contribution in [3.05, 3.63) is 71.8 Å². The molecule has 2 aromatic carbocycles. The number of hydroxylamine groups is 2. The minimum absolute atomic E-state index is 0.0550. The number of rotatable bonds is 10. The van der Waals surface area contributed by atoms with Crippen LogP contribution in [0.1, 0.15) is 52.2 Å². The van der Waals surface area contributed by atoms with Crippen LogP contribution in [-0.4, -0.2) is 52.9 Å². The second-order valence-electron chi connectivity index (χ2n) is 10.8. The number of hydrogen-bond donors (Lipinski definition) is 0. The van der Waals surface area contributed by atoms with Crippen molar-refractivity contribution in [1.82, 2.24) is 9.96 Å². The zero-order valence-electron chi connectivity index (χ0n) is 22.4. The molecule has 2 aromatic rings. The van der Waals surface area contributed by atoms with Gasteiger partial charge in [0.1, 0.15) is 18.8 Å². The zero-order chi connectivity index (χ0) is 27.0. The van der Waals surface area contributed by atoms with Gasteiger partial charge in [0.25, 0.3) is 0 Å². The SMILES string of the molecule is CC(C)CC(CN(OCc1ccccc1)C(=O)OC(C)(C)C)C(=O)N1C(=O)OC[C@H]1Cc1ccccc1. The van der Waals surface area contributed by atoms with Crippen LogP contribution in [0.5, 0.6) is 0 Å². The maximum atomic E-state index is 13.8. The lowest BCUT2D eigenvalue weighted by Gasteiger charge is -2.31. The molecular weight excluding hydrogens is 472 g/mol. The highest BCUT2D eigenvalue weighted by molar-refractivity contribution is 5.95. The Morgan fingerprint density at radius 1 is 1.03 bits per heavy atom. The van der Waals surface area contributed by atoms with Gasteiger partial charge in [0.2, 0.25) is 5.91 Å². The fraction of sp³-hybridized carbons (Fsp3) is 0.483. The third-order valence-electron chi connectivity index (χ3n) is 5.83. The Kier molecular flexibility index (Phi) is 9.69. The van der Waals surface area contributed by atoms with E-state index in [4.69, 9.17) is 14.3 Å². The summed E-state index contributed by atoms with van der Waals surface area (Å²) in [5.41, 5.74) is 1.13. The lowest BCUT2D eigenvalue weighted by atomic mass is 9.94. The number of imide groups is 1. The number of nitrogens with zero attached hydrogens (tertiary/aromatic N) is 2. The first kappa shape index (κ1) is 28.2. The van der Waals surface area contributed by atoms with Crippen molar-refractivity contribution in [3.8, 4) is 0 Å². The molecule has 200 valence electrons. The van der Waals surface area contributed by atoms with Crippen molar-refractivity contribution >= 4 is 18.1 Å². The molecule has 8 heteroatoms. The average Bonchev–Trinajstić information content (AvgIpc) is 3.20. The highest BCUT2D eigenvalue weighted by Gasteiger charge is 2.42. The lowest BCUT2D eigenvalue weighted by Crippen LogP contribution is -2.48. The molecule has 0 aliphatic carbocycles. The van der Waals surface area contributed by atoms with Gasteiger partial charge in [0.05, 0.1) is 18.5 Å². The second-order valence-corrected chi connectivity index (χ2v) is 10.8. The van der Waals surface area contributed by atoms with Crippen LogP contribution >= 0.6 is 0 Å². The molecule has 8 nitrogen and oxygen atoms in total. The summed E-state index contributed by atoms with van der Waals surface area (Å²) >= 11 is 0. The second kappa shape index (κ2) is 12.7. The van der Waals surface area contributed by atoms with Gasteiger partial charge in [0, 0.05) is 0 Å². The van der Waals surface area contributed by atoms with Crippen LogP contribution in [0.3, 0.4) is 0 Å². The van der Waals surface area contributed by atoms with Gasteiger partial charge < -0.3 is 9.47 Å². The van der Waals surface area contributed by atoms with Crippen LogP contribution < -0.4 is 0 Å². The van der Waals surface area contributed by atoms with E-state index in [0.29, 0.717) is 12.8 Å². The van der Waals surface area contributed by atoms with Gasteiger partial charge in [-0.25, -0.2) is 14.5 Å². The van der Waals surface area contributed by atoms with Crippen molar-refractivity contribution in [2.75, 3.05) is 13.2 Å². The lowest BCUT2D eigenvalue weighted by molar-refractivity contribution is -0.168. The number of carbonyl (C=O) groups is 3. The van der Waals surface area contributed by atoms with E-state index in [2.05, 4.69) is 0 Å². The summed E-state index contributed by atoms with van der Waals surface area (Å²) in [7, 11) is 0. The number of amides is 3. The van der Waals surface area contributed by atoms with Gasteiger partial charge in [-0.2, -0.15) is 5.06 Å². The summed E-state index contributed by atoms with van der Waals surface area (Å²) in [4.78, 5) is 46.6. The Morgan fingerprint density at radius 3 is 2.19 bits per heavy atom. The van der Waals surface area contributed by atoms with Gasteiger partial charge in [0.15, 0.2) is 0 Å². The summed E-state index contributed by atoms with van der Waals surface area (Å²) in [6.07, 6.45) is -0.398. The normalized spacial score (nSPS) is 16.4. The number of ether oxygens (including phenoxy) is 2. The Morgan fingerprint density at radius 2 is 1.62 bits per heavy atom. The predicted molar refractivity (Wildman–Crippen MR) is 139 cm³/mol. The third-order valence-corrected chi connectivity index (χ3v) is 5.83. The van der Waals surface area contributed by atoms with Gasteiger partial charge in [-0.15, -0.1) is 0 Å². The van der Waals surface area contributed by atoms with Gasteiger partial charge in [-0.3, -0.25) is 9.63 Å². The molecule has 0 spiro atoms. The predicted octanol–water partition coefficient (Wildman–Crippen LogP) is 5.61. The number of benzene rings is 2. The van der Waals surface area contributed by atoms with E-state index in [1.54, 1.807) is 20.8 Å². The summed E-state index contributed by atoms with van der Waals surface area (Å²) < 4.78 is 10.8. The van der Waals surface area contributed by atoms with Crippen LogP contribution in [0.4, 0.5) is 9.59 Å². The van der Waals surface area contributed by atoms with Gasteiger partial charge in [-0.05, 0) is 50.7 Å². The van der Waals surface area contributed by atoms with Crippen molar-refractivity contribution in [2.45, 2.75) is 65.7 Å². The maximum Gasteiger partial charge on any atom is 0.434 e. The molecule has 0 radical (unpaired) electrons. The number of carbonyl (C=O) groups excluding carboxylic acids is 3. The molecule has 1 heterocycles. The first-order valence-electron chi connectivity index (χ1n) is 12.7. The van der Waals surface area contributed by atoms with Crippen LogP contribution in [-0.2, 0) is 32.1 Å². The highest BCUT2D eigenvalue weighted by Crippen LogP contribution is 2.25. The standard InChI is InChI=1S/C29H38N2O6/c1-21(2)16-24(26(32)31-25(20-35-28(31)34)17-22-12-8-6-9-13-22)18-30(27(33)37-29(3,4)5)36-19-23-14-10-7-11-15-23/h6-15,21,24-25H,16-20H2,1-5H3/t24?,25-/m1/s1. The number of cyclic esters (lactones) is 1. The van der Waals surface area contributed by atoms with Crippen molar-refractivity contribution in [2.24, 2.45) is 11.8 Å². The first-order valence-corrected chi connectivity index (χ1v) is 12.7. The Labute approximate surface area is 219 Å². The van der Waals surface area contributed by atoms with E-state index in [0.717, 1.165) is 16.2 Å². The van der Waals surface area contributed by atoms with Crippen LogP contribution in [0.25, 0.3) is 0 Å². The van der Waals surface area contributed by atoms with Crippen LogP contribution in [0.15, 0.2) is 60.7 Å². The Hall–Kier alpha value is -3.39. The maximum absolute atomic E-state index is 13.8. The topological polar surface area (TPSA) is 85.4 Å². The van der Waals surface area contributed by atoms with E-state index >= 15 is 0 Å². The summed E-state index contributed by atoms with van der Waals surface area (Å²) in [5, 5.41) is 1.11. The molecule has 37 heavy (non-hydrogen) atoms. The highest BCUT2D eigenvalue weighted by atomic mass is 16.7. The molecular formula is C29H38N2O6. The molecule has 3 rings (SSSR count). The smallest absolute Gasteiger partial charge is 0.434 e. The molecule has 3 amide bonds. The fourth-order valence-electron chi connectivity index (χ4n) is 4.21. The van der Waals surface area contributed by atoms with E-state index in [9.17, 15) is 14.4 Å². The quantitative estimate of drug-likeness (QED) is 0.387. The van der Waals surface area contributed by atoms with E-state index in [1.165, 1.54) is 4.90 Å². The molecule has 1 unspecified atom stereocenters. The van der Waals surface area contributed by atoms with Crippen molar-refractivity contribution in [3.63, 3.8) is 0 Å². The fourth-order valence-corrected chi connectivity index (χ4v) is 4.21. The first-order chi connectivity index (χ1) is 17.5. The number of hydrogen-bond acceptors (Lipinski definition) is 6. The van der Waals surface area contributed by atoms with Gasteiger partial charge >= 0.3 is 12.2 Å². The molecule has 1 fully saturated rings. The Bertz CT molecular complexity index is 1040. The summed E-state index contributed by atoms with van der Waals surface area (Å²) in [6, 6.07) is 18.7. The third kappa shape index (κ3) is 8.60. The zero-order valence-corrected chi connectivity index (χ0v) is 22.4. The molecule has 1 saturated heterocycles. The Balaban J connectivity index is 1.81. The summed E-state index contributed by atoms with van der Waals surface area (Å²) in [5.74, 6) is -0.934. The molecule has 0 saturated carbocycles. The monoisotopic (exact) mass is 510 g/mol. The molecule has 0 aromatic heterocycles. The summed E-state index contributed by atoms with van der Waals surface area (Å²) in [6.45, 7) is 9.50. The van der Waals surface area contributed by atoms with E-state index in [1.807, 2.05) is 74.5 Å². The van der Waals surface area contributed by atoms with E-state index < -0.39 is 29.7 Å². The van der Waals surface area contributed by atoms with E-state index in [-0.39, 0.29) is 31.6 Å². The molecule has 2 atom stereocenters. The van der Waals surface area contributed by atoms with Crippen LogP contribution in [0, 0.1) is 11.8 Å². The molecule has 0 bridgehead atoms. The van der Waals surface area contributed by atoms with Crippen molar-refractivity contribution in [1.29, 1.82) is 0 Å². The minimum atomic E-state index is -0.747. The van der Waals surface area contributed by atoms with Gasteiger partial charge in [-0.1, -0.05) is 74.5 Å². The van der Waals surface area contributed by atoms with Crippen molar-refractivity contribution < 1.29 is 28.7 Å². The minimum Gasteiger partial charge on any atom is -0.447 e. The molecule has 1 aliphatic heterocycles. The average molecular weight is 511 g/mol. The van der Waals surface area contributed by atoms with Crippen LogP contribution in [0.2, 0.25) is 0 Å². The molecule has 1 aliphatic rings. The largest absolute Gasteiger partial charge is 0.447 e. The molecule has 0 N–H and O–H groups in total.